The van der Waals surface area contributed by atoms with E-state index in [0.29, 0.717) is 25.6 Å². The number of carbonyl (C=O) groups excluding carboxylic acids is 1. The normalized spacial score (nSPS) is 32.0. The Morgan fingerprint density at radius 1 is 1.36 bits per heavy atom. The molecule has 1 saturated heterocycles. The second kappa shape index (κ2) is 6.20. The van der Waals surface area contributed by atoms with Crippen molar-refractivity contribution in [2.24, 2.45) is 17.3 Å². The lowest BCUT2D eigenvalue weighted by atomic mass is 9.59. The second-order valence-electron chi connectivity index (χ2n) is 7.81. The van der Waals surface area contributed by atoms with Gasteiger partial charge in [-0.15, -0.1) is 0 Å². The van der Waals surface area contributed by atoms with Crippen molar-refractivity contribution in [1.82, 2.24) is 0 Å². The molecule has 3 aliphatic rings. The van der Waals surface area contributed by atoms with Gasteiger partial charge in [-0.3, -0.25) is 4.79 Å². The predicted molar refractivity (Wildman–Crippen MR) is 91.8 cm³/mol. The first-order chi connectivity index (χ1) is 12.0. The zero-order chi connectivity index (χ0) is 17.6. The van der Waals surface area contributed by atoms with Crippen molar-refractivity contribution in [3.05, 3.63) is 23.8 Å². The molecule has 0 N–H and O–H groups in total. The van der Waals surface area contributed by atoms with Gasteiger partial charge in [0.25, 0.3) is 0 Å². The van der Waals surface area contributed by atoms with Crippen molar-refractivity contribution in [3.8, 4) is 11.5 Å². The van der Waals surface area contributed by atoms with Gasteiger partial charge in [0.05, 0.1) is 18.6 Å². The van der Waals surface area contributed by atoms with Crippen LogP contribution in [0, 0.1) is 17.3 Å². The van der Waals surface area contributed by atoms with E-state index in [-0.39, 0.29) is 29.5 Å². The van der Waals surface area contributed by atoms with Crippen LogP contribution in [0.5, 0.6) is 11.5 Å². The van der Waals surface area contributed by atoms with E-state index >= 15 is 0 Å². The van der Waals surface area contributed by atoms with E-state index in [0.717, 1.165) is 30.1 Å². The number of benzene rings is 1. The highest BCUT2D eigenvalue weighted by Crippen LogP contribution is 2.54. The molecule has 0 unspecified atom stereocenters. The maximum absolute atomic E-state index is 12.7. The number of rotatable bonds is 4. The zero-order valence-electron chi connectivity index (χ0n) is 15.1. The van der Waals surface area contributed by atoms with Crippen LogP contribution in [0.3, 0.4) is 0 Å². The standard InChI is InChI=1S/C20H26O5/c1-4-22-15-7-5-6-12-10-13(11-24-16(12)15)19(21)25-18-14-8-9-23-17(14)20(18,2)3/h5-7,13-14,17-18H,4,8-11H2,1-3H3/t13-,14-,17+,18-/m1/s1. The molecule has 0 spiro atoms. The van der Waals surface area contributed by atoms with Gasteiger partial charge in [-0.2, -0.15) is 0 Å². The monoisotopic (exact) mass is 346 g/mol. The summed E-state index contributed by atoms with van der Waals surface area (Å²) in [5.74, 6) is 1.44. The van der Waals surface area contributed by atoms with Gasteiger partial charge < -0.3 is 18.9 Å². The number of para-hydroxylation sites is 1. The van der Waals surface area contributed by atoms with Gasteiger partial charge in [-0.25, -0.2) is 0 Å². The van der Waals surface area contributed by atoms with Crippen molar-refractivity contribution in [2.45, 2.75) is 45.8 Å². The molecule has 2 fully saturated rings. The Balaban J connectivity index is 1.43. The highest BCUT2D eigenvalue weighted by molar-refractivity contribution is 5.74. The number of fused-ring (bicyclic) bond motifs is 2. The maximum Gasteiger partial charge on any atom is 0.313 e. The molecular formula is C20H26O5. The lowest BCUT2D eigenvalue weighted by molar-refractivity contribution is -0.213. The molecule has 1 saturated carbocycles. The van der Waals surface area contributed by atoms with Crippen LogP contribution in [0.25, 0.3) is 0 Å². The van der Waals surface area contributed by atoms with Crippen LogP contribution in [0.1, 0.15) is 32.8 Å². The van der Waals surface area contributed by atoms with Gasteiger partial charge in [-0.05, 0) is 31.4 Å². The Kier molecular flexibility index (Phi) is 4.14. The minimum Gasteiger partial charge on any atom is -0.490 e. The van der Waals surface area contributed by atoms with Gasteiger partial charge in [0.1, 0.15) is 12.7 Å². The summed E-state index contributed by atoms with van der Waals surface area (Å²) in [6, 6.07) is 5.83. The van der Waals surface area contributed by atoms with Gasteiger partial charge in [0.15, 0.2) is 11.5 Å². The topological polar surface area (TPSA) is 54.0 Å². The van der Waals surface area contributed by atoms with Gasteiger partial charge in [-0.1, -0.05) is 26.0 Å². The van der Waals surface area contributed by atoms with E-state index in [1.54, 1.807) is 0 Å². The summed E-state index contributed by atoms with van der Waals surface area (Å²) in [5.41, 5.74) is 0.904. The highest BCUT2D eigenvalue weighted by atomic mass is 16.6. The number of hydrogen-bond acceptors (Lipinski definition) is 5. The molecule has 2 heterocycles. The number of carbonyl (C=O) groups is 1. The molecule has 0 radical (unpaired) electrons. The highest BCUT2D eigenvalue weighted by Gasteiger charge is 2.61. The molecule has 1 aromatic carbocycles. The predicted octanol–water partition coefficient (Wildman–Crippen LogP) is 2.99. The average Bonchev–Trinajstić information content (AvgIpc) is 3.07. The van der Waals surface area contributed by atoms with Crippen LogP contribution in [0.15, 0.2) is 18.2 Å². The molecule has 1 aromatic rings. The molecule has 0 bridgehead atoms. The third-order valence-electron chi connectivity index (χ3n) is 5.82. The van der Waals surface area contributed by atoms with E-state index < -0.39 is 0 Å². The molecule has 136 valence electrons. The van der Waals surface area contributed by atoms with Crippen LogP contribution in [0.2, 0.25) is 0 Å². The van der Waals surface area contributed by atoms with Gasteiger partial charge in [0.2, 0.25) is 0 Å². The summed E-state index contributed by atoms with van der Waals surface area (Å²) in [7, 11) is 0. The fourth-order valence-electron chi connectivity index (χ4n) is 4.55. The minimum atomic E-state index is -0.262. The van der Waals surface area contributed by atoms with Gasteiger partial charge in [0, 0.05) is 17.9 Å². The zero-order valence-corrected chi connectivity index (χ0v) is 15.1. The van der Waals surface area contributed by atoms with Crippen LogP contribution < -0.4 is 9.47 Å². The first-order valence-electron chi connectivity index (χ1n) is 9.22. The Morgan fingerprint density at radius 3 is 3.00 bits per heavy atom. The molecule has 2 aliphatic heterocycles. The smallest absolute Gasteiger partial charge is 0.313 e. The Bertz CT molecular complexity index is 668. The number of ether oxygens (including phenoxy) is 4. The van der Waals surface area contributed by atoms with Crippen LogP contribution >= 0.6 is 0 Å². The van der Waals surface area contributed by atoms with Crippen LogP contribution in [-0.4, -0.2) is 38.0 Å². The Labute approximate surface area is 148 Å². The van der Waals surface area contributed by atoms with E-state index in [2.05, 4.69) is 13.8 Å². The van der Waals surface area contributed by atoms with Crippen molar-refractivity contribution < 1.29 is 23.7 Å². The largest absolute Gasteiger partial charge is 0.490 e. The van der Waals surface area contributed by atoms with Crippen molar-refractivity contribution in [3.63, 3.8) is 0 Å². The Hall–Kier alpha value is -1.75. The molecular weight excluding hydrogens is 320 g/mol. The molecule has 25 heavy (non-hydrogen) atoms. The molecule has 4 atom stereocenters. The van der Waals surface area contributed by atoms with E-state index in [4.69, 9.17) is 18.9 Å². The van der Waals surface area contributed by atoms with Crippen molar-refractivity contribution in [1.29, 1.82) is 0 Å². The van der Waals surface area contributed by atoms with Crippen molar-refractivity contribution >= 4 is 5.97 Å². The first kappa shape index (κ1) is 16.7. The molecule has 0 aromatic heterocycles. The fourth-order valence-corrected chi connectivity index (χ4v) is 4.55. The molecule has 0 amide bonds. The minimum absolute atomic E-state index is 0.0522. The van der Waals surface area contributed by atoms with E-state index in [1.165, 1.54) is 0 Å². The molecule has 5 nitrogen and oxygen atoms in total. The summed E-state index contributed by atoms with van der Waals surface area (Å²) < 4.78 is 23.2. The van der Waals surface area contributed by atoms with Crippen molar-refractivity contribution in [2.75, 3.05) is 19.8 Å². The fraction of sp³-hybridized carbons (Fsp3) is 0.650. The van der Waals surface area contributed by atoms with Crippen LogP contribution in [-0.2, 0) is 20.7 Å². The second-order valence-corrected chi connectivity index (χ2v) is 7.81. The summed E-state index contributed by atoms with van der Waals surface area (Å²) in [6.45, 7) is 7.90. The third kappa shape index (κ3) is 2.69. The number of esters is 1. The molecule has 5 heteroatoms. The third-order valence-corrected chi connectivity index (χ3v) is 5.82. The SMILES string of the molecule is CCOc1cccc2c1OC[C@H](C(=O)O[C@@H]1[C@@H]3CCO[C@@H]3C1(C)C)C2. The first-order valence-corrected chi connectivity index (χ1v) is 9.22. The van der Waals surface area contributed by atoms with E-state index in [1.807, 2.05) is 25.1 Å². The average molecular weight is 346 g/mol. The lowest BCUT2D eigenvalue weighted by Gasteiger charge is -2.53. The summed E-state index contributed by atoms with van der Waals surface area (Å²) in [5, 5.41) is 0. The van der Waals surface area contributed by atoms with Gasteiger partial charge >= 0.3 is 5.97 Å². The Morgan fingerprint density at radius 2 is 2.20 bits per heavy atom. The summed E-state index contributed by atoms with van der Waals surface area (Å²) in [4.78, 5) is 12.7. The summed E-state index contributed by atoms with van der Waals surface area (Å²) in [6.07, 6.45) is 1.78. The molecule has 1 aliphatic carbocycles. The van der Waals surface area contributed by atoms with E-state index in [9.17, 15) is 4.79 Å². The number of hydrogen-bond donors (Lipinski definition) is 0. The lowest BCUT2D eigenvalue weighted by Crippen LogP contribution is -2.61. The van der Waals surface area contributed by atoms with Crippen LogP contribution in [0.4, 0.5) is 0 Å². The summed E-state index contributed by atoms with van der Waals surface area (Å²) >= 11 is 0. The quantitative estimate of drug-likeness (QED) is 0.785. The molecule has 4 rings (SSSR count). The maximum atomic E-state index is 12.7.